The maximum Gasteiger partial charge on any atom is 0.409 e. The second-order valence-electron chi connectivity index (χ2n) is 6.13. The van der Waals surface area contributed by atoms with Crippen LogP contribution in [0.1, 0.15) is 5.56 Å². The van der Waals surface area contributed by atoms with E-state index < -0.39 is 0 Å². The number of piperazine rings is 1. The van der Waals surface area contributed by atoms with E-state index >= 15 is 0 Å². The minimum absolute atomic E-state index is 0.247. The number of carbonyl (C=O) groups excluding carboxylic acids is 1. The van der Waals surface area contributed by atoms with E-state index in [4.69, 9.17) is 9.47 Å². The normalized spacial score (nSPS) is 14.3. The molecule has 1 fully saturated rings. The molecule has 138 valence electrons. The summed E-state index contributed by atoms with van der Waals surface area (Å²) in [5, 5.41) is 0. The van der Waals surface area contributed by atoms with Crippen LogP contribution >= 0.6 is 11.8 Å². The summed E-state index contributed by atoms with van der Waals surface area (Å²) in [6, 6.07) is 14.5. The number of ether oxygens (including phenoxy) is 2. The Balaban J connectivity index is 1.74. The molecule has 0 atom stereocenters. The third-order valence-electron chi connectivity index (χ3n) is 4.58. The fourth-order valence-corrected chi connectivity index (χ4v) is 4.09. The van der Waals surface area contributed by atoms with E-state index in [1.165, 1.54) is 23.3 Å². The Morgan fingerprint density at radius 1 is 1.04 bits per heavy atom. The second kappa shape index (κ2) is 8.36. The first-order valence-electron chi connectivity index (χ1n) is 8.61. The molecule has 1 aliphatic rings. The Kier molecular flexibility index (Phi) is 5.93. The van der Waals surface area contributed by atoms with Gasteiger partial charge in [0.25, 0.3) is 0 Å². The van der Waals surface area contributed by atoms with Gasteiger partial charge in [-0.15, -0.1) is 0 Å². The van der Waals surface area contributed by atoms with Crippen molar-refractivity contribution in [2.24, 2.45) is 0 Å². The lowest BCUT2D eigenvalue weighted by Gasteiger charge is -2.36. The van der Waals surface area contributed by atoms with E-state index in [1.807, 2.05) is 18.2 Å². The molecule has 0 aliphatic carbocycles. The molecular weight excluding hydrogens is 348 g/mol. The minimum atomic E-state index is -0.247. The molecule has 3 rings (SSSR count). The number of anilines is 1. The van der Waals surface area contributed by atoms with Crippen molar-refractivity contribution in [3.05, 3.63) is 48.0 Å². The summed E-state index contributed by atoms with van der Waals surface area (Å²) in [6.45, 7) is 5.13. The summed E-state index contributed by atoms with van der Waals surface area (Å²) in [5.41, 5.74) is 2.48. The largest absolute Gasteiger partial charge is 0.497 e. The summed E-state index contributed by atoms with van der Waals surface area (Å²) < 4.78 is 10.1. The van der Waals surface area contributed by atoms with Crippen LogP contribution in [0, 0.1) is 6.92 Å². The summed E-state index contributed by atoms with van der Waals surface area (Å²) >= 11 is 1.74. The number of amides is 1. The zero-order chi connectivity index (χ0) is 18.5. The lowest BCUT2D eigenvalue weighted by Crippen LogP contribution is -2.49. The molecule has 0 N–H and O–H groups in total. The first-order valence-corrected chi connectivity index (χ1v) is 9.43. The molecule has 1 amide bonds. The Hall–Kier alpha value is -2.34. The van der Waals surface area contributed by atoms with Gasteiger partial charge in [0.15, 0.2) is 0 Å². The molecule has 0 aromatic heterocycles. The van der Waals surface area contributed by atoms with Crippen LogP contribution < -0.4 is 9.64 Å². The van der Waals surface area contributed by atoms with Crippen molar-refractivity contribution >= 4 is 23.5 Å². The summed E-state index contributed by atoms with van der Waals surface area (Å²) in [6.07, 6.45) is -0.247. The first-order chi connectivity index (χ1) is 12.6. The van der Waals surface area contributed by atoms with Crippen LogP contribution in [0.25, 0.3) is 0 Å². The highest BCUT2D eigenvalue weighted by Gasteiger charge is 2.23. The molecule has 1 saturated heterocycles. The van der Waals surface area contributed by atoms with Crippen molar-refractivity contribution in [2.45, 2.75) is 16.7 Å². The number of hydrogen-bond donors (Lipinski definition) is 0. The number of hydrogen-bond acceptors (Lipinski definition) is 5. The van der Waals surface area contributed by atoms with Crippen molar-refractivity contribution < 1.29 is 14.3 Å². The molecule has 26 heavy (non-hydrogen) atoms. The Labute approximate surface area is 158 Å². The fourth-order valence-electron chi connectivity index (χ4n) is 3.11. The maximum absolute atomic E-state index is 11.7. The number of benzene rings is 2. The average Bonchev–Trinajstić information content (AvgIpc) is 2.69. The topological polar surface area (TPSA) is 42.0 Å². The van der Waals surface area contributed by atoms with Crippen LogP contribution in [0.15, 0.2) is 52.3 Å². The molecule has 0 saturated carbocycles. The molecule has 2 aromatic carbocycles. The first kappa shape index (κ1) is 18.5. The number of methoxy groups -OCH3 is 2. The molecule has 5 nitrogen and oxygen atoms in total. The van der Waals surface area contributed by atoms with E-state index in [-0.39, 0.29) is 6.09 Å². The maximum atomic E-state index is 11.7. The second-order valence-corrected chi connectivity index (χ2v) is 7.24. The Morgan fingerprint density at radius 3 is 2.46 bits per heavy atom. The molecular formula is C20H24N2O3S. The molecule has 0 bridgehead atoms. The van der Waals surface area contributed by atoms with E-state index in [9.17, 15) is 4.79 Å². The highest BCUT2D eigenvalue weighted by Crippen LogP contribution is 2.36. The zero-order valence-electron chi connectivity index (χ0n) is 15.4. The molecule has 6 heteroatoms. The van der Waals surface area contributed by atoms with E-state index in [1.54, 1.807) is 23.8 Å². The molecule has 0 spiro atoms. The van der Waals surface area contributed by atoms with Crippen molar-refractivity contribution in [2.75, 3.05) is 45.3 Å². The van der Waals surface area contributed by atoms with Crippen LogP contribution in [0.2, 0.25) is 0 Å². The van der Waals surface area contributed by atoms with Gasteiger partial charge < -0.3 is 19.3 Å². The van der Waals surface area contributed by atoms with E-state index in [2.05, 4.69) is 36.1 Å². The lowest BCUT2D eigenvalue weighted by molar-refractivity contribution is 0.121. The van der Waals surface area contributed by atoms with Gasteiger partial charge in [-0.3, -0.25) is 0 Å². The summed E-state index contributed by atoms with van der Waals surface area (Å²) in [7, 11) is 3.11. The van der Waals surface area contributed by atoms with Gasteiger partial charge in [-0.2, -0.15) is 0 Å². The van der Waals surface area contributed by atoms with Gasteiger partial charge in [-0.05, 0) is 42.8 Å². The summed E-state index contributed by atoms with van der Waals surface area (Å²) in [5.74, 6) is 0.864. The monoisotopic (exact) mass is 372 g/mol. The van der Waals surface area contributed by atoms with Crippen LogP contribution in [-0.2, 0) is 4.74 Å². The van der Waals surface area contributed by atoms with Gasteiger partial charge in [0.05, 0.1) is 14.2 Å². The Morgan fingerprint density at radius 2 is 1.77 bits per heavy atom. The van der Waals surface area contributed by atoms with Crippen molar-refractivity contribution in [1.82, 2.24) is 4.90 Å². The smallest absolute Gasteiger partial charge is 0.409 e. The van der Waals surface area contributed by atoms with Crippen LogP contribution in [0.5, 0.6) is 5.75 Å². The third kappa shape index (κ3) is 4.07. The molecule has 1 heterocycles. The highest BCUT2D eigenvalue weighted by atomic mass is 32.2. The van der Waals surface area contributed by atoms with Gasteiger partial charge in [0.1, 0.15) is 5.75 Å². The van der Waals surface area contributed by atoms with Gasteiger partial charge in [-0.1, -0.05) is 23.9 Å². The molecule has 1 aliphatic heterocycles. The number of nitrogens with zero attached hydrogens (tertiary/aromatic N) is 2. The standard InChI is InChI=1S/C20H24N2O3S/c1-15-18(21-10-12-22(13-11-21)20(23)25-3)8-5-9-19(15)26-17-7-4-6-16(14-17)24-2/h4-9,14H,10-13H2,1-3H3. The minimum Gasteiger partial charge on any atom is -0.497 e. The van der Waals surface area contributed by atoms with Gasteiger partial charge in [0.2, 0.25) is 0 Å². The average molecular weight is 372 g/mol. The predicted octanol–water partition coefficient (Wildman–Crippen LogP) is 4.04. The van der Waals surface area contributed by atoms with Crippen LogP contribution in [0.3, 0.4) is 0 Å². The van der Waals surface area contributed by atoms with E-state index in [0.29, 0.717) is 13.1 Å². The van der Waals surface area contributed by atoms with Crippen molar-refractivity contribution in [3.8, 4) is 5.75 Å². The molecule has 2 aromatic rings. The highest BCUT2D eigenvalue weighted by molar-refractivity contribution is 7.99. The SMILES string of the molecule is COC(=O)N1CCN(c2cccc(Sc3cccc(OC)c3)c2C)CC1. The lowest BCUT2D eigenvalue weighted by atomic mass is 10.1. The van der Waals surface area contributed by atoms with Gasteiger partial charge >= 0.3 is 6.09 Å². The number of rotatable bonds is 4. The van der Waals surface area contributed by atoms with Gasteiger partial charge in [0, 0.05) is 41.7 Å². The van der Waals surface area contributed by atoms with Crippen molar-refractivity contribution in [1.29, 1.82) is 0 Å². The van der Waals surface area contributed by atoms with Crippen LogP contribution in [-0.4, -0.2) is 51.4 Å². The molecule has 0 unspecified atom stereocenters. The quantitative estimate of drug-likeness (QED) is 0.810. The van der Waals surface area contributed by atoms with Crippen molar-refractivity contribution in [3.63, 3.8) is 0 Å². The predicted molar refractivity (Wildman–Crippen MR) is 104 cm³/mol. The van der Waals surface area contributed by atoms with Crippen LogP contribution in [0.4, 0.5) is 10.5 Å². The number of carbonyl (C=O) groups is 1. The third-order valence-corrected chi connectivity index (χ3v) is 5.73. The zero-order valence-corrected chi connectivity index (χ0v) is 16.2. The Bertz CT molecular complexity index is 773. The molecule has 0 radical (unpaired) electrons. The van der Waals surface area contributed by atoms with Gasteiger partial charge in [-0.25, -0.2) is 4.79 Å². The fraction of sp³-hybridized carbons (Fsp3) is 0.350. The summed E-state index contributed by atoms with van der Waals surface area (Å²) in [4.78, 5) is 18.1. The van der Waals surface area contributed by atoms with E-state index in [0.717, 1.165) is 23.7 Å².